The van der Waals surface area contributed by atoms with E-state index in [2.05, 4.69) is 17.4 Å². The van der Waals surface area contributed by atoms with E-state index >= 15 is 0 Å². The van der Waals surface area contributed by atoms with Gasteiger partial charge in [0.2, 0.25) is 0 Å². The molecule has 2 heterocycles. The molecule has 0 bridgehead atoms. The molecule has 1 amide bonds. The van der Waals surface area contributed by atoms with Gasteiger partial charge in [-0.05, 0) is 52.9 Å². The summed E-state index contributed by atoms with van der Waals surface area (Å²) in [7, 11) is 1.59. The van der Waals surface area contributed by atoms with E-state index in [0.29, 0.717) is 22.8 Å². The number of amides is 1. The predicted octanol–water partition coefficient (Wildman–Crippen LogP) is 5.85. The smallest absolute Gasteiger partial charge is 0.407 e. The van der Waals surface area contributed by atoms with E-state index in [1.807, 2.05) is 90.3 Å². The molecule has 8 nitrogen and oxygen atoms in total. The number of alkyl carbamates (subject to hydrolysis) is 1. The molecule has 0 radical (unpaired) electrons. The number of aryl methyl sites for hydroxylation is 1. The number of nitrogens with zero attached hydrogens (tertiary/aromatic N) is 2. The number of methoxy groups -OCH3 is 1. The highest BCUT2D eigenvalue weighted by atomic mass is 16.5. The van der Waals surface area contributed by atoms with Gasteiger partial charge in [-0.25, -0.2) is 14.6 Å². The Kier molecular flexibility index (Phi) is 6.89. The third kappa shape index (κ3) is 4.89. The lowest BCUT2D eigenvalue weighted by Gasteiger charge is -2.18. The quantitative estimate of drug-likeness (QED) is 0.253. The fraction of sp³-hybridized carbons (Fsp3) is 0.182. The second kappa shape index (κ2) is 10.8. The van der Waals surface area contributed by atoms with Crippen LogP contribution in [0, 0.1) is 6.92 Å². The highest BCUT2D eigenvalue weighted by Crippen LogP contribution is 2.44. The summed E-state index contributed by atoms with van der Waals surface area (Å²) in [6, 6.07) is 26.2. The van der Waals surface area contributed by atoms with E-state index in [1.54, 1.807) is 7.11 Å². The molecule has 0 aliphatic heterocycles. The molecule has 0 saturated carbocycles. The van der Waals surface area contributed by atoms with Gasteiger partial charge >= 0.3 is 12.1 Å². The van der Waals surface area contributed by atoms with Crippen LogP contribution in [0.1, 0.15) is 28.3 Å². The molecule has 1 aliphatic carbocycles. The molecule has 1 atom stereocenters. The van der Waals surface area contributed by atoms with Gasteiger partial charge in [-0.15, -0.1) is 0 Å². The van der Waals surface area contributed by atoms with Gasteiger partial charge in [0.05, 0.1) is 18.5 Å². The van der Waals surface area contributed by atoms with Gasteiger partial charge in [0.25, 0.3) is 0 Å². The largest absolute Gasteiger partial charge is 0.497 e. The Morgan fingerprint density at radius 3 is 2.37 bits per heavy atom. The van der Waals surface area contributed by atoms with Gasteiger partial charge in [-0.2, -0.15) is 0 Å². The number of aromatic nitrogens is 2. The van der Waals surface area contributed by atoms with Crippen LogP contribution in [-0.2, 0) is 16.0 Å². The average molecular weight is 548 g/mol. The van der Waals surface area contributed by atoms with Crippen LogP contribution in [0.25, 0.3) is 28.0 Å². The topological polar surface area (TPSA) is 102 Å². The molecule has 1 unspecified atom stereocenters. The number of rotatable bonds is 8. The summed E-state index contributed by atoms with van der Waals surface area (Å²) in [6.45, 7) is 2.04. The average Bonchev–Trinajstić information content (AvgIpc) is 3.52. The van der Waals surface area contributed by atoms with Crippen molar-refractivity contribution in [3.63, 3.8) is 0 Å². The second-order valence-electron chi connectivity index (χ2n) is 10.1. The first-order chi connectivity index (χ1) is 19.9. The van der Waals surface area contributed by atoms with E-state index in [0.717, 1.165) is 33.4 Å². The first-order valence-electron chi connectivity index (χ1n) is 13.4. The number of pyridine rings is 1. The maximum Gasteiger partial charge on any atom is 0.407 e. The monoisotopic (exact) mass is 547 g/mol. The predicted molar refractivity (Wildman–Crippen MR) is 155 cm³/mol. The third-order valence-electron chi connectivity index (χ3n) is 7.62. The number of carbonyl (C=O) groups excluding carboxylic acids is 1. The van der Waals surface area contributed by atoms with Crippen LogP contribution in [0.4, 0.5) is 4.79 Å². The molecule has 5 aromatic rings. The number of aliphatic carboxylic acids is 1. The minimum atomic E-state index is -1.24. The zero-order valence-electron chi connectivity index (χ0n) is 22.7. The first kappa shape index (κ1) is 26.1. The number of hydrogen-bond donors (Lipinski definition) is 2. The number of imidazole rings is 1. The lowest BCUT2D eigenvalue weighted by atomic mass is 9.98. The van der Waals surface area contributed by atoms with Crippen molar-refractivity contribution in [1.29, 1.82) is 0 Å². The number of carboxylic acid groups (broad SMARTS) is 1. The number of hydrogen-bond acceptors (Lipinski definition) is 5. The Morgan fingerprint density at radius 1 is 0.976 bits per heavy atom. The van der Waals surface area contributed by atoms with E-state index in [1.165, 1.54) is 0 Å². The highest BCUT2D eigenvalue weighted by Gasteiger charge is 2.30. The van der Waals surface area contributed by atoms with Crippen LogP contribution in [0.2, 0.25) is 0 Å². The fourth-order valence-corrected chi connectivity index (χ4v) is 5.63. The van der Waals surface area contributed by atoms with E-state index in [4.69, 9.17) is 14.5 Å². The number of ether oxygens (including phenoxy) is 2. The molecule has 1 aliphatic rings. The van der Waals surface area contributed by atoms with Crippen molar-refractivity contribution in [2.45, 2.75) is 25.3 Å². The number of benzene rings is 3. The van der Waals surface area contributed by atoms with Gasteiger partial charge in [0, 0.05) is 24.1 Å². The van der Waals surface area contributed by atoms with Crippen molar-refractivity contribution >= 4 is 17.7 Å². The summed E-state index contributed by atoms with van der Waals surface area (Å²) < 4.78 is 12.9. The van der Waals surface area contributed by atoms with Crippen molar-refractivity contribution in [2.75, 3.05) is 13.7 Å². The van der Waals surface area contributed by atoms with Crippen LogP contribution in [-0.4, -0.2) is 46.3 Å². The number of carboxylic acids is 1. The molecular formula is C33H29N3O5. The second-order valence-corrected chi connectivity index (χ2v) is 10.1. The molecule has 206 valence electrons. The summed E-state index contributed by atoms with van der Waals surface area (Å²) in [5.41, 5.74) is 8.13. The first-order valence-corrected chi connectivity index (χ1v) is 13.4. The zero-order chi connectivity index (χ0) is 28.5. The normalized spacial score (nSPS) is 12.9. The standard InChI is InChI=1S/C33H29N3O5/c1-20-9-8-16-36-29(30(35-31(20)36)21-10-7-11-22(17-21)40-2)18-28(32(37)38)34-33(39)41-19-27-25-14-5-3-12-23(25)24-13-4-6-15-26(24)27/h3-17,27-28H,18-19H2,1-2H3,(H,34,39)(H,37,38). The van der Waals surface area contributed by atoms with E-state index in [9.17, 15) is 14.7 Å². The van der Waals surface area contributed by atoms with Crippen molar-refractivity contribution in [3.8, 4) is 28.1 Å². The van der Waals surface area contributed by atoms with Crippen LogP contribution < -0.4 is 10.1 Å². The maximum absolute atomic E-state index is 13.0. The molecular weight excluding hydrogens is 518 g/mol. The molecule has 2 aromatic heterocycles. The molecule has 6 rings (SSSR count). The summed E-state index contributed by atoms with van der Waals surface area (Å²) in [6.07, 6.45) is 1.06. The van der Waals surface area contributed by atoms with Crippen LogP contribution in [0.15, 0.2) is 91.1 Å². The molecule has 2 N–H and O–H groups in total. The van der Waals surface area contributed by atoms with Crippen LogP contribution >= 0.6 is 0 Å². The van der Waals surface area contributed by atoms with Crippen molar-refractivity contribution in [1.82, 2.24) is 14.7 Å². The van der Waals surface area contributed by atoms with E-state index < -0.39 is 18.1 Å². The zero-order valence-corrected chi connectivity index (χ0v) is 22.7. The Labute approximate surface area is 237 Å². The lowest BCUT2D eigenvalue weighted by Crippen LogP contribution is -2.43. The lowest BCUT2D eigenvalue weighted by molar-refractivity contribution is -0.139. The van der Waals surface area contributed by atoms with Gasteiger partial charge in [0.15, 0.2) is 0 Å². The van der Waals surface area contributed by atoms with Crippen molar-refractivity contribution < 1.29 is 24.2 Å². The van der Waals surface area contributed by atoms with Crippen molar-refractivity contribution in [3.05, 3.63) is 114 Å². The van der Waals surface area contributed by atoms with Gasteiger partial charge in [0.1, 0.15) is 24.0 Å². The molecule has 0 saturated heterocycles. The fourth-order valence-electron chi connectivity index (χ4n) is 5.63. The highest BCUT2D eigenvalue weighted by molar-refractivity contribution is 5.82. The molecule has 41 heavy (non-hydrogen) atoms. The SMILES string of the molecule is COc1cccc(-c2nc3c(C)cccn3c2CC(NC(=O)OCC2c3ccccc3-c3ccccc32)C(=O)O)c1. The number of carbonyl (C=O) groups is 2. The van der Waals surface area contributed by atoms with Crippen molar-refractivity contribution in [2.24, 2.45) is 0 Å². The Morgan fingerprint density at radius 2 is 1.68 bits per heavy atom. The van der Waals surface area contributed by atoms with Gasteiger partial charge < -0.3 is 24.3 Å². The van der Waals surface area contributed by atoms with E-state index in [-0.39, 0.29) is 18.9 Å². The van der Waals surface area contributed by atoms with Crippen LogP contribution in [0.5, 0.6) is 5.75 Å². The van der Waals surface area contributed by atoms with Gasteiger partial charge in [-0.3, -0.25) is 0 Å². The summed E-state index contributed by atoms with van der Waals surface area (Å²) in [5.74, 6) is -0.635. The third-order valence-corrected chi connectivity index (χ3v) is 7.62. The number of fused-ring (bicyclic) bond motifs is 4. The Bertz CT molecular complexity index is 1730. The molecule has 3 aromatic carbocycles. The summed E-state index contributed by atoms with van der Waals surface area (Å²) in [5, 5.41) is 12.7. The Hall–Kier alpha value is -5.11. The number of nitrogens with one attached hydrogen (secondary N) is 1. The molecule has 0 spiro atoms. The molecule has 0 fully saturated rings. The molecule has 8 heteroatoms. The van der Waals surface area contributed by atoms with Gasteiger partial charge in [-0.1, -0.05) is 66.7 Å². The van der Waals surface area contributed by atoms with Crippen LogP contribution in [0.3, 0.4) is 0 Å². The summed E-state index contributed by atoms with van der Waals surface area (Å²) in [4.78, 5) is 30.2. The minimum absolute atomic E-state index is 0.00328. The summed E-state index contributed by atoms with van der Waals surface area (Å²) >= 11 is 0. The maximum atomic E-state index is 13.0. The minimum Gasteiger partial charge on any atom is -0.497 e. The Balaban J connectivity index is 1.25.